The lowest BCUT2D eigenvalue weighted by Gasteiger charge is -2.06. The van der Waals surface area contributed by atoms with Gasteiger partial charge in [-0.05, 0) is 35.0 Å². The van der Waals surface area contributed by atoms with Crippen molar-refractivity contribution in [3.05, 3.63) is 72.3 Å². The molecule has 0 saturated carbocycles. The molecule has 0 atom stereocenters. The number of nitriles is 1. The molecule has 0 aliphatic rings. The summed E-state index contributed by atoms with van der Waals surface area (Å²) < 4.78 is 5.29. The molecule has 4 heteroatoms. The van der Waals surface area contributed by atoms with E-state index in [9.17, 15) is 9.90 Å². The number of esters is 1. The number of para-hydroxylation sites is 1. The van der Waals surface area contributed by atoms with Crippen LogP contribution < -0.4 is 4.74 Å². The van der Waals surface area contributed by atoms with E-state index in [1.807, 2.05) is 30.3 Å². The average Bonchev–Trinajstić information content (AvgIpc) is 2.57. The van der Waals surface area contributed by atoms with Gasteiger partial charge in [-0.25, -0.2) is 10.1 Å². The van der Waals surface area contributed by atoms with Crippen LogP contribution in [0.3, 0.4) is 0 Å². The van der Waals surface area contributed by atoms with Gasteiger partial charge < -0.3 is 9.84 Å². The van der Waals surface area contributed by atoms with Gasteiger partial charge in [0.25, 0.3) is 0 Å². The van der Waals surface area contributed by atoms with Crippen LogP contribution in [0, 0.1) is 11.8 Å². The number of carbonyl (C=O) groups is 1. The fourth-order valence-electron chi connectivity index (χ4n) is 2.04. The number of fused-ring (bicyclic) bond motifs is 1. The summed E-state index contributed by atoms with van der Waals surface area (Å²) in [6, 6.07) is 19.6. The van der Waals surface area contributed by atoms with Crippen LogP contribution in [-0.2, 0) is 0 Å². The first-order chi connectivity index (χ1) is 10.7. The highest BCUT2D eigenvalue weighted by Gasteiger charge is 2.12. The van der Waals surface area contributed by atoms with E-state index in [0.717, 1.165) is 10.8 Å². The van der Waals surface area contributed by atoms with Gasteiger partial charge in [0.05, 0.1) is 0 Å². The maximum atomic E-state index is 12.0. The summed E-state index contributed by atoms with van der Waals surface area (Å²) in [7, 11) is 0. The van der Waals surface area contributed by atoms with Gasteiger partial charge in [-0.15, -0.1) is 0 Å². The highest BCUT2D eigenvalue weighted by atomic mass is 16.5. The third-order valence-electron chi connectivity index (χ3n) is 3.06. The lowest BCUT2D eigenvalue weighted by molar-refractivity contribution is 0.0732. The first-order valence-corrected chi connectivity index (χ1v) is 6.49. The second-order valence-corrected chi connectivity index (χ2v) is 4.42. The molecule has 108 valence electrons. The van der Waals surface area contributed by atoms with E-state index in [1.54, 1.807) is 24.3 Å². The number of phenols is 1. The summed E-state index contributed by atoms with van der Waals surface area (Å²) in [6.07, 6.45) is 0. The van der Waals surface area contributed by atoms with E-state index in [2.05, 4.69) is 6.57 Å². The van der Waals surface area contributed by atoms with Gasteiger partial charge in [-0.1, -0.05) is 42.5 Å². The number of carbonyl (C=O) groups excluding carboxylic acids is 1. The Kier molecular flexibility index (Phi) is 4.74. The zero-order valence-corrected chi connectivity index (χ0v) is 11.6. The van der Waals surface area contributed by atoms with Crippen molar-refractivity contribution in [1.82, 2.24) is 0 Å². The minimum absolute atomic E-state index is 0.0849. The zero-order chi connectivity index (χ0) is 15.9. The molecule has 0 amide bonds. The first kappa shape index (κ1) is 15.1. The maximum Gasteiger partial charge on any atom is 0.347 e. The maximum absolute atomic E-state index is 12.0. The van der Waals surface area contributed by atoms with E-state index >= 15 is 0 Å². The average molecular weight is 291 g/mol. The third kappa shape index (κ3) is 3.22. The molecule has 3 aromatic rings. The number of phenolic OH excluding ortho intramolecular Hbond substituents is 1. The van der Waals surface area contributed by atoms with E-state index in [1.165, 1.54) is 12.1 Å². The van der Waals surface area contributed by atoms with Gasteiger partial charge in [0.2, 0.25) is 0 Å². The monoisotopic (exact) mass is 291 g/mol. The molecular weight excluding hydrogens is 278 g/mol. The van der Waals surface area contributed by atoms with Crippen molar-refractivity contribution < 1.29 is 14.6 Å². The standard InChI is InChI=1S/C17H12O3.CHN/c18-16-8-4-3-7-15(16)17(19)20-14-10-9-12-5-1-2-6-13(12)11-14;1-2/h1-11,18H;1H. The number of rotatable bonds is 2. The smallest absolute Gasteiger partial charge is 0.347 e. The van der Waals surface area contributed by atoms with Gasteiger partial charge in [-0.2, -0.15) is 0 Å². The molecule has 0 radical (unpaired) electrons. The first-order valence-electron chi connectivity index (χ1n) is 6.49. The molecule has 3 aromatic carbocycles. The molecule has 0 spiro atoms. The third-order valence-corrected chi connectivity index (χ3v) is 3.06. The Bertz CT molecular complexity index is 824. The normalized spacial score (nSPS) is 9.55. The lowest BCUT2D eigenvalue weighted by atomic mass is 10.1. The molecule has 0 bridgehead atoms. The summed E-state index contributed by atoms with van der Waals surface area (Å²) in [5.41, 5.74) is 0.153. The number of nitrogens with zero attached hydrogens (tertiary/aromatic N) is 1. The highest BCUT2D eigenvalue weighted by Crippen LogP contribution is 2.23. The van der Waals surface area contributed by atoms with Crippen molar-refractivity contribution in [3.8, 4) is 18.1 Å². The van der Waals surface area contributed by atoms with E-state index in [0.29, 0.717) is 5.75 Å². The fourth-order valence-corrected chi connectivity index (χ4v) is 2.04. The minimum Gasteiger partial charge on any atom is -0.507 e. The van der Waals surface area contributed by atoms with Crippen LogP contribution >= 0.6 is 0 Å². The summed E-state index contributed by atoms with van der Waals surface area (Å²) in [6.45, 7) is 3.50. The molecule has 1 N–H and O–H groups in total. The van der Waals surface area contributed by atoms with E-state index in [-0.39, 0.29) is 11.3 Å². The van der Waals surface area contributed by atoms with Crippen molar-refractivity contribution in [1.29, 1.82) is 5.26 Å². The van der Waals surface area contributed by atoms with Gasteiger partial charge in [0.1, 0.15) is 17.1 Å². The van der Waals surface area contributed by atoms with Crippen LogP contribution in [0.1, 0.15) is 10.4 Å². The lowest BCUT2D eigenvalue weighted by Crippen LogP contribution is -2.08. The second kappa shape index (κ2) is 6.91. The van der Waals surface area contributed by atoms with E-state index < -0.39 is 5.97 Å². The Hall–Kier alpha value is -3.32. The molecular formula is C18H13NO3. The predicted molar refractivity (Wildman–Crippen MR) is 83.7 cm³/mol. The minimum atomic E-state index is -0.571. The number of hydrogen-bond donors (Lipinski definition) is 1. The van der Waals surface area contributed by atoms with Crippen LogP contribution in [0.5, 0.6) is 11.5 Å². The Morgan fingerprint density at radius 2 is 1.55 bits per heavy atom. The van der Waals surface area contributed by atoms with Crippen LogP contribution in [0.2, 0.25) is 0 Å². The molecule has 0 aliphatic carbocycles. The number of ether oxygens (including phenoxy) is 1. The van der Waals surface area contributed by atoms with Crippen molar-refractivity contribution in [2.24, 2.45) is 0 Å². The molecule has 0 aromatic heterocycles. The van der Waals surface area contributed by atoms with Crippen LogP contribution in [-0.4, -0.2) is 11.1 Å². The molecule has 3 rings (SSSR count). The molecule has 0 saturated heterocycles. The number of hydrogen-bond acceptors (Lipinski definition) is 4. The Labute approximate surface area is 127 Å². The molecule has 22 heavy (non-hydrogen) atoms. The Balaban J connectivity index is 0.000000847. The quantitative estimate of drug-likeness (QED) is 0.574. The zero-order valence-electron chi connectivity index (χ0n) is 11.6. The topological polar surface area (TPSA) is 70.3 Å². The van der Waals surface area contributed by atoms with E-state index in [4.69, 9.17) is 10.00 Å². The molecule has 0 unspecified atom stereocenters. The van der Waals surface area contributed by atoms with Gasteiger partial charge in [-0.3, -0.25) is 0 Å². The van der Waals surface area contributed by atoms with Gasteiger partial charge in [0, 0.05) is 6.57 Å². The highest BCUT2D eigenvalue weighted by molar-refractivity contribution is 5.94. The Morgan fingerprint density at radius 1 is 0.909 bits per heavy atom. The fraction of sp³-hybridized carbons (Fsp3) is 0. The van der Waals surface area contributed by atoms with Crippen molar-refractivity contribution in [3.63, 3.8) is 0 Å². The van der Waals surface area contributed by atoms with Crippen LogP contribution in [0.15, 0.2) is 66.7 Å². The second-order valence-electron chi connectivity index (χ2n) is 4.42. The summed E-state index contributed by atoms with van der Waals surface area (Å²) in [5.74, 6) is -0.200. The number of benzene rings is 3. The van der Waals surface area contributed by atoms with Crippen LogP contribution in [0.25, 0.3) is 10.8 Å². The molecule has 0 fully saturated rings. The van der Waals surface area contributed by atoms with Gasteiger partial charge in [0.15, 0.2) is 0 Å². The summed E-state index contributed by atoms with van der Waals surface area (Å²) in [5, 5.41) is 18.2. The van der Waals surface area contributed by atoms with Gasteiger partial charge >= 0.3 is 5.97 Å². The summed E-state index contributed by atoms with van der Waals surface area (Å²) in [4.78, 5) is 12.0. The number of aromatic hydroxyl groups is 1. The summed E-state index contributed by atoms with van der Waals surface area (Å²) >= 11 is 0. The van der Waals surface area contributed by atoms with Crippen molar-refractivity contribution >= 4 is 16.7 Å². The van der Waals surface area contributed by atoms with Crippen LogP contribution in [0.4, 0.5) is 0 Å². The Morgan fingerprint density at radius 3 is 2.27 bits per heavy atom. The predicted octanol–water partition coefficient (Wildman–Crippen LogP) is 3.90. The van der Waals surface area contributed by atoms with Crippen molar-refractivity contribution in [2.45, 2.75) is 0 Å². The SMILES string of the molecule is C#N.O=C(Oc1ccc2ccccc2c1)c1ccccc1O. The molecule has 0 aliphatic heterocycles. The largest absolute Gasteiger partial charge is 0.507 e. The van der Waals surface area contributed by atoms with Crippen molar-refractivity contribution in [2.75, 3.05) is 0 Å². The molecule has 4 nitrogen and oxygen atoms in total. The molecule has 0 heterocycles.